The van der Waals surface area contributed by atoms with Crippen LogP contribution in [0.15, 0.2) is 17.1 Å². The number of aliphatic imine (C=N–C) groups is 1. The summed E-state index contributed by atoms with van der Waals surface area (Å²) in [4.78, 5) is 4.18. The van der Waals surface area contributed by atoms with Crippen LogP contribution in [-0.4, -0.2) is 29.8 Å². The molecule has 0 fully saturated rings. The second kappa shape index (κ2) is 2.66. The molecule has 0 saturated heterocycles. The molecule has 1 aliphatic heterocycles. The Morgan fingerprint density at radius 3 is 2.82 bits per heavy atom. The number of rotatable bonds is 2. The van der Waals surface area contributed by atoms with Gasteiger partial charge < -0.3 is 9.84 Å². The molecule has 3 nitrogen and oxygen atoms in total. The average Bonchev–Trinajstić information content (AvgIpc) is 2.33. The summed E-state index contributed by atoms with van der Waals surface area (Å²) in [7, 11) is 0. The van der Waals surface area contributed by atoms with Gasteiger partial charge in [0.05, 0.1) is 6.61 Å². The summed E-state index contributed by atoms with van der Waals surface area (Å²) >= 11 is 0. The van der Waals surface area contributed by atoms with Crippen LogP contribution in [0.25, 0.3) is 0 Å². The van der Waals surface area contributed by atoms with Crippen LogP contribution in [0.3, 0.4) is 0 Å². The van der Waals surface area contributed by atoms with E-state index in [1.165, 1.54) is 0 Å². The van der Waals surface area contributed by atoms with Crippen molar-refractivity contribution in [1.82, 2.24) is 0 Å². The highest BCUT2D eigenvalue weighted by molar-refractivity contribution is 5.93. The minimum Gasteiger partial charge on any atom is -0.475 e. The molecule has 1 unspecified atom stereocenters. The molecule has 0 amide bonds. The van der Waals surface area contributed by atoms with Crippen molar-refractivity contribution >= 4 is 5.90 Å². The second-order valence-electron chi connectivity index (χ2n) is 3.14. The third-order valence-corrected chi connectivity index (χ3v) is 1.60. The van der Waals surface area contributed by atoms with E-state index < -0.39 is 5.54 Å². The van der Waals surface area contributed by atoms with Gasteiger partial charge in [-0.25, -0.2) is 4.99 Å². The Morgan fingerprint density at radius 2 is 2.55 bits per heavy atom. The lowest BCUT2D eigenvalue weighted by molar-refractivity contribution is 0.170. The smallest absolute Gasteiger partial charge is 0.211 e. The minimum atomic E-state index is -0.450. The van der Waals surface area contributed by atoms with Gasteiger partial charge in [-0.15, -0.1) is 0 Å². The highest BCUT2D eigenvalue weighted by atomic mass is 16.5. The molecule has 62 valence electrons. The fourth-order valence-electron chi connectivity index (χ4n) is 0.833. The summed E-state index contributed by atoms with van der Waals surface area (Å²) in [6.45, 7) is 7.85. The maximum atomic E-state index is 8.91. The van der Waals surface area contributed by atoms with Gasteiger partial charge in [-0.3, -0.25) is 0 Å². The van der Waals surface area contributed by atoms with E-state index in [0.29, 0.717) is 12.5 Å². The summed E-state index contributed by atoms with van der Waals surface area (Å²) in [5.41, 5.74) is 0.357. The van der Waals surface area contributed by atoms with Gasteiger partial charge >= 0.3 is 0 Å². The first-order chi connectivity index (χ1) is 5.07. The molecule has 1 rings (SSSR count). The quantitative estimate of drug-likeness (QED) is 0.639. The lowest BCUT2D eigenvalue weighted by atomic mass is 10.1. The number of aliphatic hydroxyl groups excluding tert-OH is 1. The van der Waals surface area contributed by atoms with Crippen molar-refractivity contribution in [2.24, 2.45) is 4.99 Å². The summed E-state index contributed by atoms with van der Waals surface area (Å²) in [5.74, 6) is 0.571. The van der Waals surface area contributed by atoms with Crippen LogP contribution in [0, 0.1) is 0 Å². The Labute approximate surface area is 66.4 Å². The molecule has 0 aliphatic carbocycles. The van der Waals surface area contributed by atoms with Gasteiger partial charge in [-0.05, 0) is 13.8 Å². The van der Waals surface area contributed by atoms with Gasteiger partial charge in [0.15, 0.2) is 0 Å². The van der Waals surface area contributed by atoms with Crippen LogP contribution in [0.5, 0.6) is 0 Å². The topological polar surface area (TPSA) is 41.8 Å². The molecule has 1 atom stereocenters. The van der Waals surface area contributed by atoms with Crippen LogP contribution in [0.2, 0.25) is 0 Å². The molecule has 0 aromatic carbocycles. The predicted molar refractivity (Wildman–Crippen MR) is 43.7 cm³/mol. The van der Waals surface area contributed by atoms with Gasteiger partial charge in [0.2, 0.25) is 5.90 Å². The predicted octanol–water partition coefficient (Wildman–Crippen LogP) is 0.742. The Kier molecular flexibility index (Phi) is 2.00. The first kappa shape index (κ1) is 8.27. The molecule has 3 heteroatoms. The molecule has 0 saturated carbocycles. The molecule has 0 bridgehead atoms. The van der Waals surface area contributed by atoms with Crippen molar-refractivity contribution in [3.8, 4) is 0 Å². The molecular formula is C8H13NO2. The van der Waals surface area contributed by atoms with Crippen LogP contribution in [-0.2, 0) is 4.74 Å². The lowest BCUT2D eigenvalue weighted by Gasteiger charge is -2.12. The monoisotopic (exact) mass is 155 g/mol. The fraction of sp³-hybridized carbons (Fsp3) is 0.625. The molecule has 0 radical (unpaired) electrons. The zero-order valence-corrected chi connectivity index (χ0v) is 6.92. The van der Waals surface area contributed by atoms with E-state index in [0.717, 1.165) is 5.57 Å². The van der Waals surface area contributed by atoms with E-state index in [4.69, 9.17) is 9.84 Å². The van der Waals surface area contributed by atoms with Crippen molar-refractivity contribution in [3.63, 3.8) is 0 Å². The summed E-state index contributed by atoms with van der Waals surface area (Å²) in [6.07, 6.45) is 0. The Bertz CT molecular complexity index is 210. The van der Waals surface area contributed by atoms with E-state index in [9.17, 15) is 0 Å². The Balaban J connectivity index is 2.75. The number of nitrogens with zero attached hydrogens (tertiary/aromatic N) is 1. The third-order valence-electron chi connectivity index (χ3n) is 1.60. The van der Waals surface area contributed by atoms with Gasteiger partial charge in [0.25, 0.3) is 0 Å². The lowest BCUT2D eigenvalue weighted by Crippen LogP contribution is -2.28. The van der Waals surface area contributed by atoms with Gasteiger partial charge in [0.1, 0.15) is 12.1 Å². The highest BCUT2D eigenvalue weighted by Gasteiger charge is 2.30. The SMILES string of the molecule is C=C(C)C1=NC(C)(CO)CO1. The normalized spacial score (nSPS) is 29.5. The largest absolute Gasteiger partial charge is 0.475 e. The van der Waals surface area contributed by atoms with E-state index in [1.54, 1.807) is 0 Å². The van der Waals surface area contributed by atoms with Crippen LogP contribution in [0.4, 0.5) is 0 Å². The van der Waals surface area contributed by atoms with Gasteiger partial charge in [-0.1, -0.05) is 6.58 Å². The highest BCUT2D eigenvalue weighted by Crippen LogP contribution is 2.19. The number of aliphatic hydroxyl groups is 1. The second-order valence-corrected chi connectivity index (χ2v) is 3.14. The van der Waals surface area contributed by atoms with E-state index in [1.807, 2.05) is 13.8 Å². The maximum absolute atomic E-state index is 8.91. The van der Waals surface area contributed by atoms with Crippen molar-refractivity contribution < 1.29 is 9.84 Å². The van der Waals surface area contributed by atoms with Crippen molar-refractivity contribution in [3.05, 3.63) is 12.2 Å². The molecule has 1 aliphatic rings. The molecular weight excluding hydrogens is 142 g/mol. The third kappa shape index (κ3) is 1.60. The summed E-state index contributed by atoms with van der Waals surface area (Å²) < 4.78 is 5.21. The zero-order valence-electron chi connectivity index (χ0n) is 6.92. The average molecular weight is 155 g/mol. The van der Waals surface area contributed by atoms with Crippen molar-refractivity contribution in [2.75, 3.05) is 13.2 Å². The number of hydrogen-bond donors (Lipinski definition) is 1. The Hall–Kier alpha value is -0.830. The van der Waals surface area contributed by atoms with Crippen LogP contribution >= 0.6 is 0 Å². The number of hydrogen-bond acceptors (Lipinski definition) is 3. The zero-order chi connectivity index (χ0) is 8.48. The Morgan fingerprint density at radius 1 is 1.91 bits per heavy atom. The van der Waals surface area contributed by atoms with Crippen LogP contribution in [0.1, 0.15) is 13.8 Å². The minimum absolute atomic E-state index is 0.0176. The van der Waals surface area contributed by atoms with E-state index in [2.05, 4.69) is 11.6 Å². The summed E-state index contributed by atoms with van der Waals surface area (Å²) in [6, 6.07) is 0. The van der Waals surface area contributed by atoms with E-state index in [-0.39, 0.29) is 6.61 Å². The van der Waals surface area contributed by atoms with Gasteiger partial charge in [-0.2, -0.15) is 0 Å². The molecule has 11 heavy (non-hydrogen) atoms. The van der Waals surface area contributed by atoms with Crippen LogP contribution < -0.4 is 0 Å². The summed E-state index contributed by atoms with van der Waals surface area (Å²) in [5, 5.41) is 8.91. The molecule has 0 aromatic heterocycles. The van der Waals surface area contributed by atoms with Crippen molar-refractivity contribution in [1.29, 1.82) is 0 Å². The molecule has 1 heterocycles. The first-order valence-electron chi connectivity index (χ1n) is 3.57. The van der Waals surface area contributed by atoms with Gasteiger partial charge in [0, 0.05) is 5.57 Å². The van der Waals surface area contributed by atoms with E-state index >= 15 is 0 Å². The molecule has 1 N–H and O–H groups in total. The molecule has 0 spiro atoms. The van der Waals surface area contributed by atoms with Crippen molar-refractivity contribution in [2.45, 2.75) is 19.4 Å². The number of ether oxygens (including phenoxy) is 1. The first-order valence-corrected chi connectivity index (χ1v) is 3.57. The standard InChI is InChI=1S/C8H13NO2/c1-6(2)7-9-8(3,4-10)5-11-7/h10H,1,4-5H2,2-3H3. The maximum Gasteiger partial charge on any atom is 0.211 e. The fourth-order valence-corrected chi connectivity index (χ4v) is 0.833. The molecule has 0 aromatic rings.